The summed E-state index contributed by atoms with van der Waals surface area (Å²) in [6.07, 6.45) is 3.78. The van der Waals surface area contributed by atoms with Gasteiger partial charge in [-0.05, 0) is 36.8 Å². The first-order valence-corrected chi connectivity index (χ1v) is 8.35. The van der Waals surface area contributed by atoms with E-state index in [9.17, 15) is 4.21 Å². The highest BCUT2D eigenvalue weighted by Crippen LogP contribution is 2.33. The van der Waals surface area contributed by atoms with Gasteiger partial charge in [-0.3, -0.25) is 4.21 Å². The van der Waals surface area contributed by atoms with Crippen LogP contribution < -0.4 is 5.73 Å². The van der Waals surface area contributed by atoms with E-state index in [-0.39, 0.29) is 16.5 Å². The van der Waals surface area contributed by atoms with E-state index in [1.807, 2.05) is 6.07 Å². The molecule has 19 heavy (non-hydrogen) atoms. The van der Waals surface area contributed by atoms with E-state index in [1.54, 1.807) is 0 Å². The molecule has 3 nitrogen and oxygen atoms in total. The minimum Gasteiger partial charge on any atom is -0.381 e. The average Bonchev–Trinajstić information content (AvgIpc) is 2.48. The van der Waals surface area contributed by atoms with Crippen LogP contribution in [0.3, 0.4) is 0 Å². The summed E-state index contributed by atoms with van der Waals surface area (Å²) in [5.74, 6) is 0. The Morgan fingerprint density at radius 2 is 1.89 bits per heavy atom. The molecule has 1 aromatic rings. The Bertz CT molecular complexity index is 471. The molecule has 0 aromatic heterocycles. The van der Waals surface area contributed by atoms with Gasteiger partial charge in [0.15, 0.2) is 0 Å². The van der Waals surface area contributed by atoms with Crippen LogP contribution in [0.25, 0.3) is 0 Å². The van der Waals surface area contributed by atoms with Gasteiger partial charge in [-0.1, -0.05) is 24.3 Å². The Morgan fingerprint density at radius 3 is 2.68 bits per heavy atom. The van der Waals surface area contributed by atoms with Crippen molar-refractivity contribution in [2.45, 2.75) is 42.2 Å². The first-order chi connectivity index (χ1) is 9.27. The molecule has 1 aliphatic heterocycles. The smallest absolute Gasteiger partial charge is 0.0546 e. The van der Waals surface area contributed by atoms with E-state index < -0.39 is 10.8 Å². The zero-order chi connectivity index (χ0) is 13.2. The lowest BCUT2D eigenvalue weighted by Gasteiger charge is -2.34. The van der Waals surface area contributed by atoms with E-state index >= 15 is 0 Å². The van der Waals surface area contributed by atoms with Crippen molar-refractivity contribution in [2.24, 2.45) is 5.73 Å². The fourth-order valence-electron chi connectivity index (χ4n) is 3.18. The van der Waals surface area contributed by atoms with Crippen LogP contribution in [0.4, 0.5) is 0 Å². The molecular weight excluding hydrogens is 258 g/mol. The minimum atomic E-state index is -0.835. The van der Waals surface area contributed by atoms with Crippen LogP contribution in [0.5, 0.6) is 0 Å². The molecule has 0 amide bonds. The molecule has 0 bridgehead atoms. The standard InChI is InChI=1S/C15H21NO2S/c16-15-13-4-2-1-3-11(13)5-6-14(15)19(17)12-7-9-18-10-8-12/h1-4,12,14-15H,5-10,16H2. The summed E-state index contributed by atoms with van der Waals surface area (Å²) in [5, 5.41) is 0.382. The third-order valence-corrected chi connectivity index (χ3v) is 6.56. The maximum absolute atomic E-state index is 12.7. The van der Waals surface area contributed by atoms with Gasteiger partial charge in [-0.2, -0.15) is 0 Å². The van der Waals surface area contributed by atoms with E-state index in [0.29, 0.717) is 0 Å². The van der Waals surface area contributed by atoms with Crippen LogP contribution in [-0.4, -0.2) is 27.9 Å². The number of nitrogens with two attached hydrogens (primary N) is 1. The number of rotatable bonds is 2. The molecule has 1 fully saturated rings. The van der Waals surface area contributed by atoms with E-state index in [0.717, 1.165) is 38.9 Å². The van der Waals surface area contributed by atoms with Crippen molar-refractivity contribution in [3.8, 4) is 0 Å². The molecule has 1 aromatic carbocycles. The maximum atomic E-state index is 12.7. The lowest BCUT2D eigenvalue weighted by Crippen LogP contribution is -2.40. The summed E-state index contributed by atoms with van der Waals surface area (Å²) in [6.45, 7) is 1.49. The third kappa shape index (κ3) is 2.62. The highest BCUT2D eigenvalue weighted by molar-refractivity contribution is 7.86. The van der Waals surface area contributed by atoms with Crippen LogP contribution in [0.15, 0.2) is 24.3 Å². The van der Waals surface area contributed by atoms with Crippen molar-refractivity contribution < 1.29 is 8.95 Å². The third-order valence-electron chi connectivity index (χ3n) is 4.31. The first-order valence-electron chi connectivity index (χ1n) is 7.08. The Morgan fingerprint density at radius 1 is 1.16 bits per heavy atom. The molecule has 2 N–H and O–H groups in total. The molecule has 0 radical (unpaired) electrons. The quantitative estimate of drug-likeness (QED) is 0.900. The molecule has 3 atom stereocenters. The Kier molecular flexibility index (Phi) is 4.01. The van der Waals surface area contributed by atoms with Gasteiger partial charge < -0.3 is 10.5 Å². The van der Waals surface area contributed by atoms with Crippen LogP contribution in [-0.2, 0) is 22.0 Å². The summed E-state index contributed by atoms with van der Waals surface area (Å²) in [5.41, 5.74) is 8.90. The zero-order valence-corrected chi connectivity index (χ0v) is 11.9. The lowest BCUT2D eigenvalue weighted by atomic mass is 9.88. The first kappa shape index (κ1) is 13.3. The molecule has 2 aliphatic rings. The van der Waals surface area contributed by atoms with Crippen molar-refractivity contribution in [1.82, 2.24) is 0 Å². The second kappa shape index (κ2) is 5.73. The van der Waals surface area contributed by atoms with Gasteiger partial charge in [-0.15, -0.1) is 0 Å². The summed E-state index contributed by atoms with van der Waals surface area (Å²) in [4.78, 5) is 0. The Labute approximate surface area is 117 Å². The molecule has 0 spiro atoms. The van der Waals surface area contributed by atoms with Crippen LogP contribution in [0, 0.1) is 0 Å². The van der Waals surface area contributed by atoms with Gasteiger partial charge >= 0.3 is 0 Å². The predicted molar refractivity (Wildman–Crippen MR) is 77.5 cm³/mol. The van der Waals surface area contributed by atoms with E-state index in [2.05, 4.69) is 18.2 Å². The van der Waals surface area contributed by atoms with Gasteiger partial charge in [0.2, 0.25) is 0 Å². The monoisotopic (exact) mass is 279 g/mol. The van der Waals surface area contributed by atoms with Crippen molar-refractivity contribution in [3.63, 3.8) is 0 Å². The predicted octanol–water partition coefficient (Wildman–Crippen LogP) is 1.93. The molecule has 1 aliphatic carbocycles. The molecule has 1 saturated heterocycles. The second-order valence-corrected chi connectivity index (χ2v) is 7.37. The summed E-state index contributed by atoms with van der Waals surface area (Å²) >= 11 is 0. The van der Waals surface area contributed by atoms with Crippen molar-refractivity contribution >= 4 is 10.8 Å². The van der Waals surface area contributed by atoms with Gasteiger partial charge in [-0.25, -0.2) is 0 Å². The zero-order valence-electron chi connectivity index (χ0n) is 11.1. The molecule has 4 heteroatoms. The number of hydrogen-bond acceptors (Lipinski definition) is 3. The SMILES string of the molecule is NC1c2ccccc2CCC1S(=O)C1CCOCC1. The largest absolute Gasteiger partial charge is 0.381 e. The molecular formula is C15H21NO2S. The minimum absolute atomic E-state index is 0.0753. The van der Waals surface area contributed by atoms with Crippen LogP contribution in [0.1, 0.15) is 36.4 Å². The summed E-state index contributed by atoms with van der Waals surface area (Å²) < 4.78 is 18.1. The number of ether oxygens (including phenoxy) is 1. The summed E-state index contributed by atoms with van der Waals surface area (Å²) in [7, 11) is -0.835. The number of aryl methyl sites for hydroxylation is 1. The fourth-order valence-corrected chi connectivity index (χ4v) is 5.12. The van der Waals surface area contributed by atoms with Gasteiger partial charge in [0.1, 0.15) is 0 Å². The number of benzene rings is 1. The van der Waals surface area contributed by atoms with Crippen LogP contribution >= 0.6 is 0 Å². The molecule has 1 heterocycles. The van der Waals surface area contributed by atoms with E-state index in [4.69, 9.17) is 10.5 Å². The van der Waals surface area contributed by atoms with Gasteiger partial charge in [0.05, 0.1) is 5.25 Å². The normalized spacial score (nSPS) is 29.7. The Hall–Kier alpha value is -0.710. The fraction of sp³-hybridized carbons (Fsp3) is 0.600. The van der Waals surface area contributed by atoms with E-state index in [1.165, 1.54) is 11.1 Å². The highest BCUT2D eigenvalue weighted by Gasteiger charge is 2.34. The molecule has 3 rings (SSSR count). The second-order valence-electron chi connectivity index (χ2n) is 5.44. The lowest BCUT2D eigenvalue weighted by molar-refractivity contribution is 0.0990. The number of hydrogen-bond donors (Lipinski definition) is 1. The van der Waals surface area contributed by atoms with Crippen molar-refractivity contribution in [1.29, 1.82) is 0 Å². The maximum Gasteiger partial charge on any atom is 0.0546 e. The summed E-state index contributed by atoms with van der Waals surface area (Å²) in [6, 6.07) is 8.24. The number of fused-ring (bicyclic) bond motifs is 1. The topological polar surface area (TPSA) is 52.3 Å². The van der Waals surface area contributed by atoms with Gasteiger partial charge in [0, 0.05) is 35.3 Å². The van der Waals surface area contributed by atoms with Gasteiger partial charge in [0.25, 0.3) is 0 Å². The highest BCUT2D eigenvalue weighted by atomic mass is 32.2. The molecule has 3 unspecified atom stereocenters. The van der Waals surface area contributed by atoms with Crippen LogP contribution in [0.2, 0.25) is 0 Å². The van der Waals surface area contributed by atoms with Crippen molar-refractivity contribution in [2.75, 3.05) is 13.2 Å². The average molecular weight is 279 g/mol. The molecule has 104 valence electrons. The molecule has 0 saturated carbocycles. The van der Waals surface area contributed by atoms with Crippen molar-refractivity contribution in [3.05, 3.63) is 35.4 Å². The Balaban J connectivity index is 1.77.